The fraction of sp³-hybridized carbons (Fsp3) is 0.190. The Labute approximate surface area is 165 Å². The number of aromatic nitrogens is 4. The van der Waals surface area contributed by atoms with Gasteiger partial charge in [0.1, 0.15) is 11.6 Å². The van der Waals surface area contributed by atoms with E-state index in [0.29, 0.717) is 46.0 Å². The number of imidazole rings is 1. The Balaban J connectivity index is 1.68. The number of nitrogens with one attached hydrogen (secondary N) is 1. The Kier molecular flexibility index (Phi) is 4.75. The predicted octanol–water partition coefficient (Wildman–Crippen LogP) is 3.30. The second kappa shape index (κ2) is 7.38. The minimum Gasteiger partial charge on any atom is -0.493 e. The Morgan fingerprint density at radius 3 is 2.59 bits per heavy atom. The highest BCUT2D eigenvalue weighted by Crippen LogP contribution is 2.30. The van der Waals surface area contributed by atoms with Gasteiger partial charge in [-0.1, -0.05) is 0 Å². The number of halogens is 1. The molecule has 0 saturated heterocycles. The van der Waals surface area contributed by atoms with E-state index >= 15 is 0 Å². The Bertz CT molecular complexity index is 1240. The summed E-state index contributed by atoms with van der Waals surface area (Å²) >= 11 is 0. The van der Waals surface area contributed by atoms with Gasteiger partial charge < -0.3 is 19.0 Å². The van der Waals surface area contributed by atoms with Gasteiger partial charge in [-0.2, -0.15) is 0 Å². The summed E-state index contributed by atoms with van der Waals surface area (Å²) in [5.74, 6) is 1.12. The Hall–Kier alpha value is -3.68. The van der Waals surface area contributed by atoms with Crippen molar-refractivity contribution in [3.63, 3.8) is 0 Å². The number of aryl methyl sites for hydroxylation is 1. The van der Waals surface area contributed by atoms with Crippen LogP contribution in [0.3, 0.4) is 0 Å². The van der Waals surface area contributed by atoms with Crippen LogP contribution in [0.4, 0.5) is 4.39 Å². The average Bonchev–Trinajstić information content (AvgIpc) is 3.15. The molecule has 0 bridgehead atoms. The summed E-state index contributed by atoms with van der Waals surface area (Å²) < 4.78 is 26.0. The van der Waals surface area contributed by atoms with Crippen LogP contribution in [0.5, 0.6) is 11.5 Å². The van der Waals surface area contributed by atoms with Gasteiger partial charge in [0.2, 0.25) is 0 Å². The first kappa shape index (κ1) is 18.7. The molecule has 1 N–H and O–H groups in total. The normalized spacial score (nSPS) is 11.0. The van der Waals surface area contributed by atoms with Gasteiger partial charge in [-0.05, 0) is 36.8 Å². The summed E-state index contributed by atoms with van der Waals surface area (Å²) in [6, 6.07) is 8.04. The molecule has 0 aliphatic heterocycles. The first-order valence-corrected chi connectivity index (χ1v) is 8.91. The highest BCUT2D eigenvalue weighted by Gasteiger charge is 2.12. The molecular formula is C21H19FN4O3. The Morgan fingerprint density at radius 2 is 1.86 bits per heavy atom. The molecule has 29 heavy (non-hydrogen) atoms. The zero-order valence-electron chi connectivity index (χ0n) is 16.2. The predicted molar refractivity (Wildman–Crippen MR) is 107 cm³/mol. The summed E-state index contributed by atoms with van der Waals surface area (Å²) in [4.78, 5) is 24.1. The Morgan fingerprint density at radius 1 is 1.10 bits per heavy atom. The third-order valence-corrected chi connectivity index (χ3v) is 4.56. The molecule has 2 aromatic carbocycles. The van der Waals surface area contributed by atoms with Crippen molar-refractivity contribution in [2.75, 3.05) is 14.2 Å². The highest BCUT2D eigenvalue weighted by atomic mass is 19.1. The topological polar surface area (TPSA) is 82.0 Å². The zero-order valence-corrected chi connectivity index (χ0v) is 16.2. The van der Waals surface area contributed by atoms with Crippen LogP contribution >= 0.6 is 0 Å². The van der Waals surface area contributed by atoms with E-state index in [1.165, 1.54) is 26.4 Å². The van der Waals surface area contributed by atoms with E-state index in [-0.39, 0.29) is 11.4 Å². The number of aromatic amines is 1. The molecule has 0 saturated carbocycles. The van der Waals surface area contributed by atoms with E-state index in [1.807, 2.05) is 13.0 Å². The summed E-state index contributed by atoms with van der Waals surface area (Å²) in [6.45, 7) is 2.14. The number of rotatable bonds is 5. The van der Waals surface area contributed by atoms with Gasteiger partial charge in [0.05, 0.1) is 43.7 Å². The molecular weight excluding hydrogens is 375 g/mol. The molecule has 0 unspecified atom stereocenters. The fourth-order valence-corrected chi connectivity index (χ4v) is 3.24. The quantitative estimate of drug-likeness (QED) is 0.562. The lowest BCUT2D eigenvalue weighted by Gasteiger charge is -2.09. The number of ether oxygens (including phenoxy) is 2. The first-order chi connectivity index (χ1) is 14.0. The lowest BCUT2D eigenvalue weighted by atomic mass is 10.1. The molecule has 0 spiro atoms. The van der Waals surface area contributed by atoms with Gasteiger partial charge in [0, 0.05) is 17.8 Å². The molecule has 7 nitrogen and oxygen atoms in total. The molecule has 8 heteroatoms. The van der Waals surface area contributed by atoms with Gasteiger partial charge in [-0.15, -0.1) is 0 Å². The van der Waals surface area contributed by atoms with Crippen LogP contribution in [0.25, 0.3) is 22.2 Å². The van der Waals surface area contributed by atoms with Crippen molar-refractivity contribution in [2.24, 2.45) is 0 Å². The molecule has 0 atom stereocenters. The number of benzene rings is 2. The highest BCUT2D eigenvalue weighted by molar-refractivity contribution is 5.81. The zero-order chi connectivity index (χ0) is 20.5. The third-order valence-electron chi connectivity index (χ3n) is 4.56. The van der Waals surface area contributed by atoms with Crippen LogP contribution in [-0.4, -0.2) is 33.7 Å². The van der Waals surface area contributed by atoms with Crippen molar-refractivity contribution in [1.29, 1.82) is 0 Å². The average molecular weight is 394 g/mol. The van der Waals surface area contributed by atoms with Crippen LogP contribution in [0.15, 0.2) is 47.7 Å². The number of nitrogens with zero attached hydrogens (tertiary/aromatic N) is 3. The maximum atomic E-state index is 13.7. The van der Waals surface area contributed by atoms with Crippen LogP contribution in [0.1, 0.15) is 11.4 Å². The molecule has 0 aliphatic rings. The molecule has 4 aromatic rings. The van der Waals surface area contributed by atoms with Crippen LogP contribution in [0.2, 0.25) is 0 Å². The first-order valence-electron chi connectivity index (χ1n) is 8.91. The second-order valence-corrected chi connectivity index (χ2v) is 6.69. The van der Waals surface area contributed by atoms with Crippen LogP contribution in [0, 0.1) is 12.7 Å². The van der Waals surface area contributed by atoms with Gasteiger partial charge in [-0.3, -0.25) is 4.79 Å². The number of fused-ring (bicyclic) bond motifs is 1. The van der Waals surface area contributed by atoms with E-state index in [0.717, 1.165) is 5.56 Å². The summed E-state index contributed by atoms with van der Waals surface area (Å²) in [5.41, 5.74) is 2.38. The lowest BCUT2D eigenvalue weighted by molar-refractivity contribution is 0.355. The van der Waals surface area contributed by atoms with Crippen molar-refractivity contribution >= 4 is 10.9 Å². The van der Waals surface area contributed by atoms with E-state index in [2.05, 4.69) is 15.0 Å². The maximum Gasteiger partial charge on any atom is 0.258 e. The molecule has 4 rings (SSSR count). The van der Waals surface area contributed by atoms with Crippen molar-refractivity contribution in [3.8, 4) is 22.8 Å². The maximum absolute atomic E-state index is 13.7. The number of hydrogen-bond acceptors (Lipinski definition) is 5. The standard InChI is InChI=1S/C21H19FN4O3/c1-12-4-13(6-14(22)5-12)17-9-26(11-23-17)10-20-24-16-8-19(29-3)18(28-2)7-15(16)21(27)25-20/h4-9,11H,10H2,1-3H3,(H,24,25,27). The van der Waals surface area contributed by atoms with Crippen LogP contribution in [-0.2, 0) is 6.54 Å². The third kappa shape index (κ3) is 3.69. The van der Waals surface area contributed by atoms with E-state index < -0.39 is 0 Å². The lowest BCUT2D eigenvalue weighted by Crippen LogP contribution is -2.14. The minimum absolute atomic E-state index is 0.271. The smallest absolute Gasteiger partial charge is 0.258 e. The molecule has 0 amide bonds. The van der Waals surface area contributed by atoms with Gasteiger partial charge in [-0.25, -0.2) is 14.4 Å². The molecule has 2 heterocycles. The number of hydrogen-bond donors (Lipinski definition) is 1. The van der Waals surface area contributed by atoms with Crippen molar-refractivity contribution in [3.05, 3.63) is 70.4 Å². The van der Waals surface area contributed by atoms with Gasteiger partial charge in [0.15, 0.2) is 11.5 Å². The monoisotopic (exact) mass is 394 g/mol. The largest absolute Gasteiger partial charge is 0.493 e. The summed E-state index contributed by atoms with van der Waals surface area (Å²) in [7, 11) is 3.04. The van der Waals surface area contributed by atoms with Crippen molar-refractivity contribution in [1.82, 2.24) is 19.5 Å². The molecule has 2 aromatic heterocycles. The second-order valence-electron chi connectivity index (χ2n) is 6.69. The molecule has 0 aliphatic carbocycles. The minimum atomic E-state index is -0.306. The van der Waals surface area contributed by atoms with E-state index in [1.54, 1.807) is 29.2 Å². The van der Waals surface area contributed by atoms with Gasteiger partial charge in [0.25, 0.3) is 5.56 Å². The number of methoxy groups -OCH3 is 2. The van der Waals surface area contributed by atoms with Gasteiger partial charge >= 0.3 is 0 Å². The summed E-state index contributed by atoms with van der Waals surface area (Å²) in [6.07, 6.45) is 3.40. The van der Waals surface area contributed by atoms with Crippen molar-refractivity contribution < 1.29 is 13.9 Å². The summed E-state index contributed by atoms with van der Waals surface area (Å²) in [5, 5.41) is 0.410. The molecule has 0 radical (unpaired) electrons. The van der Waals surface area contributed by atoms with E-state index in [4.69, 9.17) is 9.47 Å². The van der Waals surface area contributed by atoms with E-state index in [9.17, 15) is 9.18 Å². The van der Waals surface area contributed by atoms with Crippen LogP contribution < -0.4 is 15.0 Å². The fourth-order valence-electron chi connectivity index (χ4n) is 3.24. The molecule has 148 valence electrons. The van der Waals surface area contributed by atoms with Crippen molar-refractivity contribution in [2.45, 2.75) is 13.5 Å². The number of H-pyrrole nitrogens is 1. The molecule has 0 fully saturated rings. The SMILES string of the molecule is COc1cc2nc(Cn3cnc(-c4cc(C)cc(F)c4)c3)[nH]c(=O)c2cc1OC.